The van der Waals surface area contributed by atoms with Crippen molar-refractivity contribution in [3.63, 3.8) is 0 Å². The highest BCUT2D eigenvalue weighted by Gasteiger charge is 2.44. The molecule has 1 unspecified atom stereocenters. The number of fused-ring (bicyclic) bond motifs is 3. The largest absolute Gasteiger partial charge is 0.480 e. The molecular weight excluding hydrogens is 444 g/mol. The summed E-state index contributed by atoms with van der Waals surface area (Å²) >= 11 is 0. The maximum atomic E-state index is 13.2. The number of ether oxygens (including phenoxy) is 1. The van der Waals surface area contributed by atoms with Crippen molar-refractivity contribution in [2.24, 2.45) is 5.41 Å². The summed E-state index contributed by atoms with van der Waals surface area (Å²) in [6.45, 7) is 5.62. The van der Waals surface area contributed by atoms with Crippen LogP contribution in [0.4, 0.5) is 4.79 Å². The topological polar surface area (TPSA) is 105 Å². The van der Waals surface area contributed by atoms with Crippen molar-refractivity contribution in [1.82, 2.24) is 10.6 Å². The Balaban J connectivity index is 1.45. The van der Waals surface area contributed by atoms with E-state index in [0.29, 0.717) is 12.8 Å². The molecule has 2 aromatic carbocycles. The Labute approximate surface area is 206 Å². The number of aliphatic carboxylic acids is 1. The first-order valence-corrected chi connectivity index (χ1v) is 12.3. The monoisotopic (exact) mass is 478 g/mol. The Morgan fingerprint density at radius 1 is 0.971 bits per heavy atom. The van der Waals surface area contributed by atoms with E-state index in [0.717, 1.165) is 41.5 Å². The number of carbonyl (C=O) groups is 3. The van der Waals surface area contributed by atoms with Gasteiger partial charge in [0, 0.05) is 5.92 Å². The number of alkyl carbamates (subject to hydrolysis) is 1. The van der Waals surface area contributed by atoms with Gasteiger partial charge in [0.15, 0.2) is 0 Å². The van der Waals surface area contributed by atoms with Crippen LogP contribution in [0.1, 0.15) is 69.9 Å². The summed E-state index contributed by atoms with van der Waals surface area (Å²) in [6, 6.07) is 15.2. The second-order valence-corrected chi connectivity index (χ2v) is 10.7. The maximum absolute atomic E-state index is 13.2. The zero-order valence-electron chi connectivity index (χ0n) is 20.6. The Morgan fingerprint density at radius 2 is 1.51 bits per heavy atom. The van der Waals surface area contributed by atoms with Gasteiger partial charge in [-0.3, -0.25) is 4.79 Å². The van der Waals surface area contributed by atoms with Gasteiger partial charge >= 0.3 is 12.1 Å². The molecule has 7 nitrogen and oxygen atoms in total. The summed E-state index contributed by atoms with van der Waals surface area (Å²) in [5.41, 5.74) is 2.54. The summed E-state index contributed by atoms with van der Waals surface area (Å²) in [4.78, 5) is 38.1. The van der Waals surface area contributed by atoms with E-state index in [2.05, 4.69) is 22.8 Å². The number of hydrogen-bond donors (Lipinski definition) is 3. The number of carboxylic acid groups (broad SMARTS) is 1. The van der Waals surface area contributed by atoms with Gasteiger partial charge < -0.3 is 20.5 Å². The molecule has 7 heteroatoms. The molecule has 2 aromatic rings. The number of nitrogens with one attached hydrogen (secondary N) is 2. The smallest absolute Gasteiger partial charge is 0.407 e. The third-order valence-corrected chi connectivity index (χ3v) is 7.21. The van der Waals surface area contributed by atoms with Crippen LogP contribution in [0.25, 0.3) is 11.1 Å². The maximum Gasteiger partial charge on any atom is 0.407 e. The predicted octanol–water partition coefficient (Wildman–Crippen LogP) is 4.84. The third kappa shape index (κ3) is 5.04. The zero-order valence-corrected chi connectivity index (χ0v) is 20.6. The molecule has 3 N–H and O–H groups in total. The molecule has 4 rings (SSSR count). The van der Waals surface area contributed by atoms with Crippen LogP contribution < -0.4 is 10.6 Å². The number of benzene rings is 2. The summed E-state index contributed by atoms with van der Waals surface area (Å²) < 4.78 is 5.63. The van der Waals surface area contributed by atoms with Crippen molar-refractivity contribution in [1.29, 1.82) is 0 Å². The normalized spacial score (nSPS) is 17.6. The van der Waals surface area contributed by atoms with Gasteiger partial charge in [-0.1, -0.05) is 88.6 Å². The van der Waals surface area contributed by atoms with Crippen LogP contribution in [0.3, 0.4) is 0 Å². The molecule has 1 atom stereocenters. The molecule has 186 valence electrons. The van der Waals surface area contributed by atoms with Gasteiger partial charge in [0.1, 0.15) is 18.2 Å². The molecule has 0 aromatic heterocycles. The van der Waals surface area contributed by atoms with E-state index < -0.39 is 35.0 Å². The van der Waals surface area contributed by atoms with E-state index in [1.807, 2.05) is 57.2 Å². The van der Waals surface area contributed by atoms with Crippen molar-refractivity contribution in [2.75, 3.05) is 6.61 Å². The van der Waals surface area contributed by atoms with E-state index in [4.69, 9.17) is 4.74 Å². The molecule has 0 bridgehead atoms. The molecule has 0 aliphatic heterocycles. The second kappa shape index (κ2) is 9.72. The number of carbonyl (C=O) groups excluding carboxylic acids is 2. The molecule has 0 heterocycles. The number of carboxylic acids is 1. The fraction of sp³-hybridized carbons (Fsp3) is 0.464. The van der Waals surface area contributed by atoms with Crippen molar-refractivity contribution in [2.45, 2.75) is 70.4 Å². The summed E-state index contributed by atoms with van der Waals surface area (Å²) in [7, 11) is 0. The van der Waals surface area contributed by atoms with E-state index in [1.165, 1.54) is 0 Å². The third-order valence-electron chi connectivity index (χ3n) is 7.21. The van der Waals surface area contributed by atoms with Gasteiger partial charge in [0.2, 0.25) is 5.91 Å². The molecule has 2 amide bonds. The molecule has 2 aliphatic rings. The lowest BCUT2D eigenvalue weighted by molar-refractivity contribution is -0.150. The zero-order chi connectivity index (χ0) is 25.2. The van der Waals surface area contributed by atoms with E-state index in [1.54, 1.807) is 0 Å². The first-order valence-electron chi connectivity index (χ1n) is 12.3. The first kappa shape index (κ1) is 24.8. The Kier molecular flexibility index (Phi) is 6.88. The van der Waals surface area contributed by atoms with Crippen LogP contribution in [0.15, 0.2) is 48.5 Å². The van der Waals surface area contributed by atoms with Crippen LogP contribution in [-0.2, 0) is 14.3 Å². The minimum Gasteiger partial charge on any atom is -0.480 e. The summed E-state index contributed by atoms with van der Waals surface area (Å²) in [6.07, 6.45) is 2.51. The molecule has 0 spiro atoms. The van der Waals surface area contributed by atoms with Crippen molar-refractivity contribution < 1.29 is 24.2 Å². The molecular formula is C28H34N2O5. The van der Waals surface area contributed by atoms with Crippen LogP contribution in [0.2, 0.25) is 0 Å². The number of rotatable bonds is 6. The molecule has 0 saturated heterocycles. The van der Waals surface area contributed by atoms with Gasteiger partial charge in [-0.25, -0.2) is 9.59 Å². The molecule has 1 fully saturated rings. The number of hydrogen-bond acceptors (Lipinski definition) is 4. The Hall–Kier alpha value is -3.35. The highest BCUT2D eigenvalue weighted by Crippen LogP contribution is 2.44. The van der Waals surface area contributed by atoms with Gasteiger partial charge in [0.25, 0.3) is 0 Å². The SMILES string of the molecule is CC(C)(C)C(NC(=O)OCC1c2ccccc2-c2ccccc21)C(=O)NC1(C(=O)O)CCCCC1. The minimum absolute atomic E-state index is 0.0902. The summed E-state index contributed by atoms with van der Waals surface area (Å²) in [5, 5.41) is 15.3. The second-order valence-electron chi connectivity index (χ2n) is 10.7. The fourth-order valence-corrected chi connectivity index (χ4v) is 5.29. The van der Waals surface area contributed by atoms with Crippen molar-refractivity contribution in [3.05, 3.63) is 59.7 Å². The lowest BCUT2D eigenvalue weighted by Crippen LogP contribution is -2.62. The van der Waals surface area contributed by atoms with Crippen molar-refractivity contribution in [3.8, 4) is 11.1 Å². The highest BCUT2D eigenvalue weighted by molar-refractivity contribution is 5.92. The minimum atomic E-state index is -1.29. The van der Waals surface area contributed by atoms with E-state index in [9.17, 15) is 19.5 Å². The van der Waals surface area contributed by atoms with E-state index in [-0.39, 0.29) is 12.5 Å². The quantitative estimate of drug-likeness (QED) is 0.551. The van der Waals surface area contributed by atoms with Gasteiger partial charge in [-0.15, -0.1) is 0 Å². The van der Waals surface area contributed by atoms with Gasteiger partial charge in [-0.2, -0.15) is 0 Å². The highest BCUT2D eigenvalue weighted by atomic mass is 16.5. The van der Waals surface area contributed by atoms with E-state index >= 15 is 0 Å². The molecule has 2 aliphatic carbocycles. The van der Waals surface area contributed by atoms with Crippen LogP contribution in [0, 0.1) is 5.41 Å². The van der Waals surface area contributed by atoms with Crippen LogP contribution in [0.5, 0.6) is 0 Å². The first-order chi connectivity index (χ1) is 16.6. The standard InChI is InChI=1S/C28H34N2O5/c1-27(2,3)23(24(31)30-28(25(32)33)15-9-4-10-16-28)29-26(34)35-17-22-20-13-7-5-11-18(20)19-12-6-8-14-21(19)22/h5-8,11-14,22-23H,4,9-10,15-17H2,1-3H3,(H,29,34)(H,30,31)(H,32,33). The van der Waals surface area contributed by atoms with Gasteiger partial charge in [-0.05, 0) is 40.5 Å². The number of amides is 2. The van der Waals surface area contributed by atoms with Gasteiger partial charge in [0.05, 0.1) is 0 Å². The lowest BCUT2D eigenvalue weighted by Gasteiger charge is -2.37. The fourth-order valence-electron chi connectivity index (χ4n) is 5.29. The summed E-state index contributed by atoms with van der Waals surface area (Å²) in [5.74, 6) is -1.62. The Bertz CT molecular complexity index is 1070. The average molecular weight is 479 g/mol. The predicted molar refractivity (Wildman–Crippen MR) is 133 cm³/mol. The van der Waals surface area contributed by atoms with Crippen molar-refractivity contribution >= 4 is 18.0 Å². The average Bonchev–Trinajstić information content (AvgIpc) is 3.14. The van der Waals surface area contributed by atoms with Crippen LogP contribution in [-0.4, -0.2) is 41.3 Å². The Morgan fingerprint density at radius 3 is 2.03 bits per heavy atom. The molecule has 1 saturated carbocycles. The van der Waals surface area contributed by atoms with Crippen LogP contribution >= 0.6 is 0 Å². The molecule has 0 radical (unpaired) electrons. The lowest BCUT2D eigenvalue weighted by atomic mass is 9.80. The molecule has 35 heavy (non-hydrogen) atoms.